The quantitative estimate of drug-likeness (QED) is 0.559. The second-order valence-corrected chi connectivity index (χ2v) is 5.88. The zero-order chi connectivity index (χ0) is 16.4. The van der Waals surface area contributed by atoms with Crippen molar-refractivity contribution in [3.63, 3.8) is 0 Å². The van der Waals surface area contributed by atoms with Crippen molar-refractivity contribution in [2.24, 2.45) is 12.1 Å². The maximum absolute atomic E-state index is 12.1. The Balaban J connectivity index is 1.79. The van der Waals surface area contributed by atoms with Crippen LogP contribution in [-0.4, -0.2) is 16.7 Å². The predicted molar refractivity (Wildman–Crippen MR) is 94.4 cm³/mol. The number of aryl methyl sites for hydroxylation is 1. The van der Waals surface area contributed by atoms with Gasteiger partial charge in [0.2, 0.25) is 0 Å². The molecule has 2 aromatic carbocycles. The summed E-state index contributed by atoms with van der Waals surface area (Å²) in [7, 11) is 1.96. The van der Waals surface area contributed by atoms with Crippen LogP contribution in [0, 0.1) is 0 Å². The molecule has 0 aliphatic carbocycles. The molecule has 4 nitrogen and oxygen atoms in total. The second-order valence-electron chi connectivity index (χ2n) is 5.04. The average Bonchev–Trinajstić information content (AvgIpc) is 2.84. The fourth-order valence-corrected chi connectivity index (χ4v) is 2.86. The standard InChI is InChI=1S/C17H13Cl2N3O/c1-22-10-11(13-4-2-3-5-16(13)22)9-20-21-17(23)14-7-6-12(18)8-15(14)19/h2-10H,1H3,(H,21,23)/b20-9+. The van der Waals surface area contributed by atoms with Crippen LogP contribution < -0.4 is 5.43 Å². The number of carbonyl (C=O) groups is 1. The van der Waals surface area contributed by atoms with Gasteiger partial charge in [0.25, 0.3) is 5.91 Å². The Kier molecular flexibility index (Phi) is 4.37. The average molecular weight is 346 g/mol. The smallest absolute Gasteiger partial charge is 0.272 e. The summed E-state index contributed by atoms with van der Waals surface area (Å²) < 4.78 is 2.01. The van der Waals surface area contributed by atoms with Gasteiger partial charge in [0.1, 0.15) is 0 Å². The van der Waals surface area contributed by atoms with Crippen LogP contribution in [0.1, 0.15) is 15.9 Å². The summed E-state index contributed by atoms with van der Waals surface area (Å²) in [6.45, 7) is 0. The van der Waals surface area contributed by atoms with E-state index in [2.05, 4.69) is 10.5 Å². The minimum absolute atomic E-state index is 0.287. The van der Waals surface area contributed by atoms with Gasteiger partial charge in [0, 0.05) is 34.7 Å². The first-order chi connectivity index (χ1) is 11.1. The molecule has 3 rings (SSSR count). The Hall–Kier alpha value is -2.30. The first kappa shape index (κ1) is 15.6. The SMILES string of the molecule is Cn1cc(/C=N/NC(=O)c2ccc(Cl)cc2Cl)c2ccccc21. The van der Waals surface area contributed by atoms with Gasteiger partial charge in [-0.1, -0.05) is 41.4 Å². The molecule has 6 heteroatoms. The molecule has 116 valence electrons. The lowest BCUT2D eigenvalue weighted by Gasteiger charge is -2.02. The number of fused-ring (bicyclic) bond motifs is 1. The van der Waals surface area contributed by atoms with E-state index in [0.29, 0.717) is 10.6 Å². The Morgan fingerprint density at radius 1 is 1.22 bits per heavy atom. The molecule has 1 aromatic heterocycles. The number of hydrazone groups is 1. The third kappa shape index (κ3) is 3.23. The van der Waals surface area contributed by atoms with Gasteiger partial charge in [-0.3, -0.25) is 4.79 Å². The highest BCUT2D eigenvalue weighted by molar-refractivity contribution is 6.36. The van der Waals surface area contributed by atoms with Crippen LogP contribution in [0.4, 0.5) is 0 Å². The lowest BCUT2D eigenvalue weighted by molar-refractivity contribution is 0.0955. The number of nitrogens with one attached hydrogen (secondary N) is 1. The third-order valence-corrected chi connectivity index (χ3v) is 4.02. The van der Waals surface area contributed by atoms with Crippen molar-refractivity contribution in [1.29, 1.82) is 0 Å². The van der Waals surface area contributed by atoms with Gasteiger partial charge in [0.05, 0.1) is 16.8 Å². The molecule has 1 amide bonds. The number of nitrogens with zero attached hydrogens (tertiary/aromatic N) is 2. The Bertz CT molecular complexity index is 915. The maximum atomic E-state index is 12.1. The number of hydrogen-bond donors (Lipinski definition) is 1. The van der Waals surface area contributed by atoms with Crippen molar-refractivity contribution >= 4 is 46.2 Å². The van der Waals surface area contributed by atoms with Crippen LogP contribution in [0.15, 0.2) is 53.8 Å². The summed E-state index contributed by atoms with van der Waals surface area (Å²) in [5.41, 5.74) is 4.82. The number of aromatic nitrogens is 1. The van der Waals surface area contributed by atoms with Crippen molar-refractivity contribution in [3.05, 3.63) is 69.8 Å². The molecule has 1 N–H and O–H groups in total. The van der Waals surface area contributed by atoms with Gasteiger partial charge >= 0.3 is 0 Å². The van der Waals surface area contributed by atoms with E-state index in [1.807, 2.05) is 42.1 Å². The Morgan fingerprint density at radius 2 is 2.00 bits per heavy atom. The van der Waals surface area contributed by atoms with Crippen molar-refractivity contribution in [1.82, 2.24) is 9.99 Å². The highest BCUT2D eigenvalue weighted by Crippen LogP contribution is 2.21. The van der Waals surface area contributed by atoms with Crippen molar-refractivity contribution in [3.8, 4) is 0 Å². The van der Waals surface area contributed by atoms with Gasteiger partial charge in [-0.15, -0.1) is 0 Å². The molecule has 23 heavy (non-hydrogen) atoms. The van der Waals surface area contributed by atoms with E-state index < -0.39 is 0 Å². The van der Waals surface area contributed by atoms with E-state index in [1.165, 1.54) is 6.07 Å². The van der Waals surface area contributed by atoms with Crippen LogP contribution in [0.5, 0.6) is 0 Å². The number of hydrogen-bond acceptors (Lipinski definition) is 2. The largest absolute Gasteiger partial charge is 0.350 e. The van der Waals surface area contributed by atoms with E-state index >= 15 is 0 Å². The number of carbonyl (C=O) groups excluding carboxylic acids is 1. The molecule has 0 aliphatic heterocycles. The first-order valence-electron chi connectivity index (χ1n) is 6.89. The molecule has 0 atom stereocenters. The van der Waals surface area contributed by atoms with Crippen LogP contribution in [0.3, 0.4) is 0 Å². The predicted octanol–water partition coefficient (Wildman–Crippen LogP) is 4.25. The van der Waals surface area contributed by atoms with E-state index in [1.54, 1.807) is 18.3 Å². The molecule has 0 fully saturated rings. The minimum Gasteiger partial charge on any atom is -0.350 e. The molecule has 0 radical (unpaired) electrons. The van der Waals surface area contributed by atoms with Crippen LogP contribution in [0.2, 0.25) is 10.0 Å². The van der Waals surface area contributed by atoms with Gasteiger partial charge in [-0.05, 0) is 24.3 Å². The zero-order valence-electron chi connectivity index (χ0n) is 12.3. The summed E-state index contributed by atoms with van der Waals surface area (Å²) in [5.74, 6) is -0.386. The highest BCUT2D eigenvalue weighted by atomic mass is 35.5. The van der Waals surface area contributed by atoms with E-state index in [4.69, 9.17) is 23.2 Å². The van der Waals surface area contributed by atoms with Gasteiger partial charge in [-0.2, -0.15) is 5.10 Å². The maximum Gasteiger partial charge on any atom is 0.272 e. The second kappa shape index (κ2) is 6.44. The summed E-state index contributed by atoms with van der Waals surface area (Å²) >= 11 is 11.8. The minimum atomic E-state index is -0.386. The number of amides is 1. The fraction of sp³-hybridized carbons (Fsp3) is 0.0588. The number of rotatable bonds is 3. The third-order valence-electron chi connectivity index (χ3n) is 3.47. The molecule has 0 saturated carbocycles. The summed E-state index contributed by atoms with van der Waals surface area (Å²) in [5, 5.41) is 5.85. The van der Waals surface area contributed by atoms with Crippen molar-refractivity contribution in [2.45, 2.75) is 0 Å². The van der Waals surface area contributed by atoms with Crippen LogP contribution in [0.25, 0.3) is 10.9 Å². The molecule has 0 unspecified atom stereocenters. The zero-order valence-corrected chi connectivity index (χ0v) is 13.8. The summed E-state index contributed by atoms with van der Waals surface area (Å²) in [6.07, 6.45) is 3.57. The van der Waals surface area contributed by atoms with E-state index in [9.17, 15) is 4.79 Å². The molecular weight excluding hydrogens is 333 g/mol. The van der Waals surface area contributed by atoms with E-state index in [0.717, 1.165) is 16.5 Å². The molecule has 1 heterocycles. The summed E-state index contributed by atoms with van der Waals surface area (Å²) in [6, 6.07) is 12.7. The number of halogens is 2. The lowest BCUT2D eigenvalue weighted by Crippen LogP contribution is -2.17. The Labute approximate surface area is 143 Å². The highest BCUT2D eigenvalue weighted by Gasteiger charge is 2.10. The monoisotopic (exact) mass is 345 g/mol. The van der Waals surface area contributed by atoms with Crippen molar-refractivity contribution in [2.75, 3.05) is 0 Å². The number of para-hydroxylation sites is 1. The lowest BCUT2D eigenvalue weighted by atomic mass is 10.2. The van der Waals surface area contributed by atoms with Crippen LogP contribution >= 0.6 is 23.2 Å². The van der Waals surface area contributed by atoms with Crippen molar-refractivity contribution < 1.29 is 4.79 Å². The fourth-order valence-electron chi connectivity index (χ4n) is 2.37. The van der Waals surface area contributed by atoms with E-state index in [-0.39, 0.29) is 10.9 Å². The van der Waals surface area contributed by atoms with Crippen LogP contribution in [-0.2, 0) is 7.05 Å². The van der Waals surface area contributed by atoms with Gasteiger partial charge < -0.3 is 4.57 Å². The van der Waals surface area contributed by atoms with Gasteiger partial charge in [0.15, 0.2) is 0 Å². The topological polar surface area (TPSA) is 46.4 Å². The normalized spacial score (nSPS) is 11.3. The first-order valence-corrected chi connectivity index (χ1v) is 7.64. The molecule has 0 aliphatic rings. The molecule has 0 bridgehead atoms. The molecule has 0 saturated heterocycles. The Morgan fingerprint density at radius 3 is 2.78 bits per heavy atom. The number of benzene rings is 2. The molecular formula is C17H13Cl2N3O. The summed E-state index contributed by atoms with van der Waals surface area (Å²) in [4.78, 5) is 12.1. The van der Waals surface area contributed by atoms with Gasteiger partial charge in [-0.25, -0.2) is 5.43 Å². The molecule has 0 spiro atoms. The molecule has 3 aromatic rings.